The quantitative estimate of drug-likeness (QED) is 0.714. The van der Waals surface area contributed by atoms with Crippen molar-refractivity contribution in [2.24, 2.45) is 5.92 Å². The zero-order valence-electron chi connectivity index (χ0n) is 11.6. The lowest BCUT2D eigenvalue weighted by Gasteiger charge is -2.19. The van der Waals surface area contributed by atoms with Gasteiger partial charge in [0.25, 0.3) is 0 Å². The van der Waals surface area contributed by atoms with Crippen LogP contribution >= 0.6 is 0 Å². The standard InChI is InChI=1S/C16H27N/c1-4-14(2)13-16(17-3)12-8-11-15-9-6-5-7-10-15/h5-7,9-10,14,16-17H,4,8,11-13H2,1-3H3. The predicted octanol–water partition coefficient (Wildman–Crippen LogP) is 4.03. The molecule has 1 heteroatoms. The Morgan fingerprint density at radius 3 is 2.47 bits per heavy atom. The molecule has 0 aliphatic carbocycles. The average Bonchev–Trinajstić information content (AvgIpc) is 2.38. The van der Waals surface area contributed by atoms with Crippen LogP contribution in [-0.4, -0.2) is 13.1 Å². The van der Waals surface area contributed by atoms with Crippen molar-refractivity contribution in [2.75, 3.05) is 7.05 Å². The largest absolute Gasteiger partial charge is 0.317 e. The second kappa shape index (κ2) is 8.30. The van der Waals surface area contributed by atoms with E-state index >= 15 is 0 Å². The lowest BCUT2D eigenvalue weighted by Crippen LogP contribution is -2.27. The van der Waals surface area contributed by atoms with Gasteiger partial charge in [-0.1, -0.05) is 50.6 Å². The fourth-order valence-electron chi connectivity index (χ4n) is 2.23. The van der Waals surface area contributed by atoms with Gasteiger partial charge in [0.05, 0.1) is 0 Å². The van der Waals surface area contributed by atoms with Crippen LogP contribution in [0.15, 0.2) is 30.3 Å². The van der Waals surface area contributed by atoms with Gasteiger partial charge in [-0.3, -0.25) is 0 Å². The molecule has 1 N–H and O–H groups in total. The maximum absolute atomic E-state index is 3.45. The van der Waals surface area contributed by atoms with E-state index in [-0.39, 0.29) is 0 Å². The minimum absolute atomic E-state index is 0.689. The maximum Gasteiger partial charge on any atom is 0.00667 e. The van der Waals surface area contributed by atoms with Crippen LogP contribution in [0, 0.1) is 5.92 Å². The lowest BCUT2D eigenvalue weighted by atomic mass is 9.95. The molecular weight excluding hydrogens is 206 g/mol. The summed E-state index contributed by atoms with van der Waals surface area (Å²) in [6.45, 7) is 4.63. The van der Waals surface area contributed by atoms with Gasteiger partial charge in [-0.2, -0.15) is 0 Å². The van der Waals surface area contributed by atoms with Gasteiger partial charge in [0.2, 0.25) is 0 Å². The molecule has 17 heavy (non-hydrogen) atoms. The fraction of sp³-hybridized carbons (Fsp3) is 0.625. The topological polar surface area (TPSA) is 12.0 Å². The van der Waals surface area contributed by atoms with Crippen LogP contribution in [0.4, 0.5) is 0 Å². The molecule has 1 rings (SSSR count). The number of nitrogens with one attached hydrogen (secondary N) is 1. The van der Waals surface area contributed by atoms with Crippen molar-refractivity contribution >= 4 is 0 Å². The second-order valence-corrected chi connectivity index (χ2v) is 5.11. The molecule has 1 aromatic carbocycles. The molecular formula is C16H27N. The maximum atomic E-state index is 3.45. The Morgan fingerprint density at radius 1 is 1.18 bits per heavy atom. The summed E-state index contributed by atoms with van der Waals surface area (Å²) >= 11 is 0. The van der Waals surface area contributed by atoms with E-state index in [1.807, 2.05) is 0 Å². The summed E-state index contributed by atoms with van der Waals surface area (Å²) in [4.78, 5) is 0. The third kappa shape index (κ3) is 5.88. The van der Waals surface area contributed by atoms with Gasteiger partial charge in [-0.25, -0.2) is 0 Å². The first-order valence-corrected chi connectivity index (χ1v) is 6.97. The van der Waals surface area contributed by atoms with E-state index < -0.39 is 0 Å². The SMILES string of the molecule is CCC(C)CC(CCCc1ccccc1)NC. The molecule has 0 heterocycles. The summed E-state index contributed by atoms with van der Waals surface area (Å²) in [5.41, 5.74) is 1.46. The van der Waals surface area contributed by atoms with Gasteiger partial charge < -0.3 is 5.32 Å². The van der Waals surface area contributed by atoms with Crippen LogP contribution in [0.1, 0.15) is 45.1 Å². The Labute approximate surface area is 107 Å². The molecule has 0 amide bonds. The molecule has 0 aliphatic rings. The number of hydrogen-bond donors (Lipinski definition) is 1. The molecule has 0 saturated heterocycles. The van der Waals surface area contributed by atoms with Crippen molar-refractivity contribution in [3.63, 3.8) is 0 Å². The van der Waals surface area contributed by atoms with Crippen molar-refractivity contribution in [3.05, 3.63) is 35.9 Å². The first-order valence-electron chi connectivity index (χ1n) is 6.97. The second-order valence-electron chi connectivity index (χ2n) is 5.11. The normalized spacial score (nSPS) is 14.5. The predicted molar refractivity (Wildman–Crippen MR) is 76.3 cm³/mol. The summed E-state index contributed by atoms with van der Waals surface area (Å²) in [5.74, 6) is 0.837. The number of rotatable bonds is 8. The van der Waals surface area contributed by atoms with Crippen LogP contribution < -0.4 is 5.32 Å². The van der Waals surface area contributed by atoms with Crippen LogP contribution in [0.3, 0.4) is 0 Å². The summed E-state index contributed by atoms with van der Waals surface area (Å²) < 4.78 is 0. The smallest absolute Gasteiger partial charge is 0.00667 e. The van der Waals surface area contributed by atoms with Crippen LogP contribution in [-0.2, 0) is 6.42 Å². The molecule has 0 fully saturated rings. The van der Waals surface area contributed by atoms with Gasteiger partial charge in [0, 0.05) is 6.04 Å². The van der Waals surface area contributed by atoms with Gasteiger partial charge in [-0.05, 0) is 44.2 Å². The van der Waals surface area contributed by atoms with Gasteiger partial charge in [-0.15, -0.1) is 0 Å². The fourth-order valence-corrected chi connectivity index (χ4v) is 2.23. The third-order valence-electron chi connectivity index (χ3n) is 3.65. The van der Waals surface area contributed by atoms with Crippen LogP contribution in [0.2, 0.25) is 0 Å². The Balaban J connectivity index is 2.24. The van der Waals surface area contributed by atoms with E-state index in [9.17, 15) is 0 Å². The summed E-state index contributed by atoms with van der Waals surface area (Å²) in [5, 5.41) is 3.45. The third-order valence-corrected chi connectivity index (χ3v) is 3.65. The van der Waals surface area contributed by atoms with Crippen molar-refractivity contribution in [1.82, 2.24) is 5.32 Å². The monoisotopic (exact) mass is 233 g/mol. The van der Waals surface area contributed by atoms with Crippen molar-refractivity contribution in [3.8, 4) is 0 Å². The highest BCUT2D eigenvalue weighted by Crippen LogP contribution is 2.14. The molecule has 96 valence electrons. The van der Waals surface area contributed by atoms with E-state index in [0.717, 1.165) is 5.92 Å². The number of hydrogen-bond acceptors (Lipinski definition) is 1. The Kier molecular flexibility index (Phi) is 6.95. The Hall–Kier alpha value is -0.820. The molecule has 0 radical (unpaired) electrons. The first-order chi connectivity index (χ1) is 8.26. The van der Waals surface area contributed by atoms with Gasteiger partial charge in [0.1, 0.15) is 0 Å². The highest BCUT2D eigenvalue weighted by molar-refractivity contribution is 5.14. The van der Waals surface area contributed by atoms with Crippen molar-refractivity contribution in [1.29, 1.82) is 0 Å². The Morgan fingerprint density at radius 2 is 1.88 bits per heavy atom. The van der Waals surface area contributed by atoms with E-state index in [4.69, 9.17) is 0 Å². The van der Waals surface area contributed by atoms with Crippen molar-refractivity contribution < 1.29 is 0 Å². The minimum Gasteiger partial charge on any atom is -0.317 e. The highest BCUT2D eigenvalue weighted by Gasteiger charge is 2.09. The van der Waals surface area contributed by atoms with E-state index in [0.29, 0.717) is 6.04 Å². The first kappa shape index (κ1) is 14.2. The summed E-state index contributed by atoms with van der Waals surface area (Å²) in [7, 11) is 2.09. The molecule has 0 saturated carbocycles. The molecule has 1 nitrogen and oxygen atoms in total. The molecule has 0 aromatic heterocycles. The van der Waals surface area contributed by atoms with Crippen LogP contribution in [0.5, 0.6) is 0 Å². The van der Waals surface area contributed by atoms with Gasteiger partial charge in [0.15, 0.2) is 0 Å². The van der Waals surface area contributed by atoms with Crippen molar-refractivity contribution in [2.45, 2.75) is 52.0 Å². The summed E-state index contributed by atoms with van der Waals surface area (Å²) in [6, 6.07) is 11.5. The molecule has 1 aromatic rings. The molecule has 0 bridgehead atoms. The summed E-state index contributed by atoms with van der Waals surface area (Å²) in [6.07, 6.45) is 6.37. The van der Waals surface area contributed by atoms with Crippen LogP contribution in [0.25, 0.3) is 0 Å². The Bertz CT molecular complexity index is 281. The molecule has 0 aliphatic heterocycles. The van der Waals surface area contributed by atoms with E-state index in [2.05, 4.69) is 56.5 Å². The molecule has 2 unspecified atom stereocenters. The van der Waals surface area contributed by atoms with E-state index in [1.165, 1.54) is 37.7 Å². The molecule has 2 atom stereocenters. The molecule has 0 spiro atoms. The number of aryl methyl sites for hydroxylation is 1. The lowest BCUT2D eigenvalue weighted by molar-refractivity contribution is 0.388. The zero-order valence-corrected chi connectivity index (χ0v) is 11.6. The van der Waals surface area contributed by atoms with E-state index in [1.54, 1.807) is 0 Å². The number of benzene rings is 1. The minimum atomic E-state index is 0.689. The average molecular weight is 233 g/mol. The van der Waals surface area contributed by atoms with Gasteiger partial charge >= 0.3 is 0 Å². The zero-order chi connectivity index (χ0) is 12.5. The highest BCUT2D eigenvalue weighted by atomic mass is 14.9.